The van der Waals surface area contributed by atoms with Gasteiger partial charge in [0, 0.05) is 6.54 Å². The maximum absolute atomic E-state index is 11.8. The van der Waals surface area contributed by atoms with Gasteiger partial charge in [0.25, 0.3) is 0 Å². The van der Waals surface area contributed by atoms with Crippen molar-refractivity contribution in [1.29, 1.82) is 0 Å². The van der Waals surface area contributed by atoms with Crippen LogP contribution in [0.2, 0.25) is 0 Å². The third-order valence-electron chi connectivity index (χ3n) is 3.20. The van der Waals surface area contributed by atoms with E-state index in [-0.39, 0.29) is 11.8 Å². The fourth-order valence-corrected chi connectivity index (χ4v) is 1.82. The molecule has 112 valence electrons. The number of ether oxygens (including phenoxy) is 2. The summed E-state index contributed by atoms with van der Waals surface area (Å²) in [5.74, 6) is 1.56. The predicted octanol–water partition coefficient (Wildman–Crippen LogP) is 1.35. The average molecular weight is 280 g/mol. The van der Waals surface area contributed by atoms with Gasteiger partial charge in [-0.15, -0.1) is 0 Å². The van der Waals surface area contributed by atoms with Gasteiger partial charge in [0.2, 0.25) is 5.91 Å². The van der Waals surface area contributed by atoms with Gasteiger partial charge in [-0.05, 0) is 36.1 Å². The van der Waals surface area contributed by atoms with Crippen LogP contribution in [0.25, 0.3) is 0 Å². The highest BCUT2D eigenvalue weighted by Crippen LogP contribution is 2.24. The fourth-order valence-electron chi connectivity index (χ4n) is 1.82. The Hall–Kier alpha value is -1.75. The number of benzene rings is 1. The quantitative estimate of drug-likeness (QED) is 0.790. The molecule has 0 saturated carbocycles. The van der Waals surface area contributed by atoms with Crippen LogP contribution in [0.4, 0.5) is 0 Å². The minimum atomic E-state index is -0.470. The molecule has 3 N–H and O–H groups in total. The van der Waals surface area contributed by atoms with Crippen molar-refractivity contribution in [2.75, 3.05) is 20.8 Å². The molecule has 0 aromatic heterocycles. The molecule has 0 saturated heterocycles. The molecule has 0 aliphatic heterocycles. The SMILES string of the molecule is COc1ccc(OC)c(CCNC(=O)C(N)C(C)C)c1. The molecule has 5 heteroatoms. The molecule has 1 unspecified atom stereocenters. The van der Waals surface area contributed by atoms with E-state index in [0.29, 0.717) is 13.0 Å². The largest absolute Gasteiger partial charge is 0.497 e. The molecular weight excluding hydrogens is 256 g/mol. The van der Waals surface area contributed by atoms with E-state index in [0.717, 1.165) is 17.1 Å². The van der Waals surface area contributed by atoms with Gasteiger partial charge in [0.1, 0.15) is 11.5 Å². The summed E-state index contributed by atoms with van der Waals surface area (Å²) in [6, 6.07) is 5.14. The molecule has 0 fully saturated rings. The summed E-state index contributed by atoms with van der Waals surface area (Å²) in [4.78, 5) is 11.8. The average Bonchev–Trinajstić information content (AvgIpc) is 2.45. The van der Waals surface area contributed by atoms with Crippen LogP contribution >= 0.6 is 0 Å². The number of carbonyl (C=O) groups excluding carboxylic acids is 1. The van der Waals surface area contributed by atoms with Crippen molar-refractivity contribution in [2.45, 2.75) is 26.3 Å². The van der Waals surface area contributed by atoms with Crippen LogP contribution in [0.1, 0.15) is 19.4 Å². The van der Waals surface area contributed by atoms with Crippen molar-refractivity contribution in [3.63, 3.8) is 0 Å². The zero-order valence-electron chi connectivity index (χ0n) is 12.6. The van der Waals surface area contributed by atoms with Crippen molar-refractivity contribution in [2.24, 2.45) is 11.7 Å². The Labute approximate surface area is 120 Å². The fraction of sp³-hybridized carbons (Fsp3) is 0.533. The summed E-state index contributed by atoms with van der Waals surface area (Å²) >= 11 is 0. The van der Waals surface area contributed by atoms with E-state index in [1.807, 2.05) is 32.0 Å². The lowest BCUT2D eigenvalue weighted by atomic mass is 10.0. The van der Waals surface area contributed by atoms with E-state index in [9.17, 15) is 4.79 Å². The van der Waals surface area contributed by atoms with E-state index in [2.05, 4.69) is 5.32 Å². The maximum Gasteiger partial charge on any atom is 0.237 e. The van der Waals surface area contributed by atoms with Crippen molar-refractivity contribution in [1.82, 2.24) is 5.32 Å². The Morgan fingerprint density at radius 1 is 1.30 bits per heavy atom. The van der Waals surface area contributed by atoms with Gasteiger partial charge in [0.05, 0.1) is 20.3 Å². The molecule has 0 heterocycles. The molecule has 0 bridgehead atoms. The number of hydrogen-bond donors (Lipinski definition) is 2. The van der Waals surface area contributed by atoms with Gasteiger partial charge < -0.3 is 20.5 Å². The minimum Gasteiger partial charge on any atom is -0.497 e. The van der Waals surface area contributed by atoms with Crippen molar-refractivity contribution < 1.29 is 14.3 Å². The van der Waals surface area contributed by atoms with E-state index in [4.69, 9.17) is 15.2 Å². The van der Waals surface area contributed by atoms with Crippen LogP contribution in [0, 0.1) is 5.92 Å². The lowest BCUT2D eigenvalue weighted by molar-refractivity contribution is -0.123. The maximum atomic E-state index is 11.8. The van der Waals surface area contributed by atoms with Gasteiger partial charge in [-0.1, -0.05) is 13.8 Å². The van der Waals surface area contributed by atoms with Gasteiger partial charge in [-0.25, -0.2) is 0 Å². The highest BCUT2D eigenvalue weighted by Gasteiger charge is 2.16. The number of methoxy groups -OCH3 is 2. The number of nitrogens with one attached hydrogen (secondary N) is 1. The van der Waals surface area contributed by atoms with E-state index in [1.165, 1.54) is 0 Å². The number of rotatable bonds is 7. The third-order valence-corrected chi connectivity index (χ3v) is 3.20. The summed E-state index contributed by atoms with van der Waals surface area (Å²) in [5.41, 5.74) is 6.78. The first kappa shape index (κ1) is 16.3. The first-order valence-corrected chi connectivity index (χ1v) is 6.73. The van der Waals surface area contributed by atoms with Crippen LogP contribution in [0.5, 0.6) is 11.5 Å². The molecule has 1 rings (SSSR count). The number of nitrogens with two attached hydrogens (primary N) is 1. The second kappa shape index (κ2) is 7.75. The second-order valence-electron chi connectivity index (χ2n) is 4.99. The summed E-state index contributed by atoms with van der Waals surface area (Å²) in [7, 11) is 3.24. The molecule has 5 nitrogen and oxygen atoms in total. The van der Waals surface area contributed by atoms with Crippen molar-refractivity contribution in [3.05, 3.63) is 23.8 Å². The van der Waals surface area contributed by atoms with Crippen LogP contribution in [-0.2, 0) is 11.2 Å². The Balaban J connectivity index is 2.59. The van der Waals surface area contributed by atoms with Gasteiger partial charge >= 0.3 is 0 Å². The molecule has 0 radical (unpaired) electrons. The van der Waals surface area contributed by atoms with Crippen molar-refractivity contribution in [3.8, 4) is 11.5 Å². The normalized spacial score (nSPS) is 12.1. The predicted molar refractivity (Wildman–Crippen MR) is 79.1 cm³/mol. The molecular formula is C15H24N2O3. The lowest BCUT2D eigenvalue weighted by Crippen LogP contribution is -2.44. The number of amides is 1. The van der Waals surface area contributed by atoms with Crippen LogP contribution in [-0.4, -0.2) is 32.7 Å². The van der Waals surface area contributed by atoms with Gasteiger partial charge in [0.15, 0.2) is 0 Å². The molecule has 1 amide bonds. The third kappa shape index (κ3) is 4.42. The Morgan fingerprint density at radius 3 is 2.55 bits per heavy atom. The van der Waals surface area contributed by atoms with E-state index in [1.54, 1.807) is 14.2 Å². The first-order chi connectivity index (χ1) is 9.49. The van der Waals surface area contributed by atoms with Crippen LogP contribution in [0.3, 0.4) is 0 Å². The van der Waals surface area contributed by atoms with Gasteiger partial charge in [-0.2, -0.15) is 0 Å². The zero-order chi connectivity index (χ0) is 15.1. The molecule has 1 aromatic carbocycles. The molecule has 20 heavy (non-hydrogen) atoms. The summed E-state index contributed by atoms with van der Waals surface area (Å²) in [6.45, 7) is 4.37. The smallest absolute Gasteiger partial charge is 0.237 e. The minimum absolute atomic E-state index is 0.123. The Bertz CT molecular complexity index is 447. The van der Waals surface area contributed by atoms with Crippen LogP contribution < -0.4 is 20.5 Å². The van der Waals surface area contributed by atoms with Gasteiger partial charge in [-0.3, -0.25) is 4.79 Å². The van der Waals surface area contributed by atoms with Crippen LogP contribution in [0.15, 0.2) is 18.2 Å². The lowest BCUT2D eigenvalue weighted by Gasteiger charge is -2.16. The summed E-state index contributed by atoms with van der Waals surface area (Å²) < 4.78 is 10.5. The molecule has 0 aliphatic carbocycles. The standard InChI is InChI=1S/C15H24N2O3/c1-10(2)14(16)15(18)17-8-7-11-9-12(19-3)5-6-13(11)20-4/h5-6,9-10,14H,7-8,16H2,1-4H3,(H,17,18). The number of hydrogen-bond acceptors (Lipinski definition) is 4. The highest BCUT2D eigenvalue weighted by molar-refractivity contribution is 5.81. The summed E-state index contributed by atoms with van der Waals surface area (Å²) in [6.07, 6.45) is 0.664. The second-order valence-corrected chi connectivity index (χ2v) is 4.99. The monoisotopic (exact) mass is 280 g/mol. The Kier molecular flexibility index (Phi) is 6.31. The molecule has 1 atom stereocenters. The number of carbonyl (C=O) groups is 1. The molecule has 0 aliphatic rings. The highest BCUT2D eigenvalue weighted by atomic mass is 16.5. The van der Waals surface area contributed by atoms with E-state index >= 15 is 0 Å². The molecule has 1 aromatic rings. The molecule has 0 spiro atoms. The van der Waals surface area contributed by atoms with E-state index < -0.39 is 6.04 Å². The summed E-state index contributed by atoms with van der Waals surface area (Å²) in [5, 5.41) is 2.84. The van der Waals surface area contributed by atoms with Crippen molar-refractivity contribution >= 4 is 5.91 Å². The Morgan fingerprint density at radius 2 is 2.00 bits per heavy atom. The zero-order valence-corrected chi connectivity index (χ0v) is 12.6. The topological polar surface area (TPSA) is 73.6 Å². The first-order valence-electron chi connectivity index (χ1n) is 6.73.